The van der Waals surface area contributed by atoms with Crippen molar-refractivity contribution in [1.29, 1.82) is 0 Å². The SMILES string of the molecule is CNC(C)Cc1noc(-c2ccc3c(c2)S(=O)(=O)Nc2ncnn2-3)n1.Cl. The molecule has 0 spiro atoms. The fraction of sp³-hybridized carbons (Fsp3) is 0.286. The Morgan fingerprint density at radius 3 is 2.96 bits per heavy atom. The molecule has 0 amide bonds. The normalized spacial score (nSPS) is 15.3. The molecule has 10 nitrogen and oxygen atoms in total. The van der Waals surface area contributed by atoms with Gasteiger partial charge < -0.3 is 9.84 Å². The summed E-state index contributed by atoms with van der Waals surface area (Å²) in [5.74, 6) is 0.969. The molecular formula is C14H16ClN7O3S. The largest absolute Gasteiger partial charge is 0.334 e. The Bertz CT molecular complexity index is 1050. The van der Waals surface area contributed by atoms with Gasteiger partial charge >= 0.3 is 0 Å². The molecule has 2 aromatic heterocycles. The molecule has 4 rings (SSSR count). The van der Waals surface area contributed by atoms with E-state index in [2.05, 4.69) is 30.3 Å². The van der Waals surface area contributed by atoms with Gasteiger partial charge in [0.05, 0.1) is 5.69 Å². The van der Waals surface area contributed by atoms with Gasteiger partial charge in [0, 0.05) is 18.0 Å². The van der Waals surface area contributed by atoms with Gasteiger partial charge in [0.1, 0.15) is 11.2 Å². The van der Waals surface area contributed by atoms with Crippen molar-refractivity contribution in [3.8, 4) is 17.1 Å². The van der Waals surface area contributed by atoms with E-state index >= 15 is 0 Å². The second-order valence-electron chi connectivity index (χ2n) is 5.69. The second-order valence-corrected chi connectivity index (χ2v) is 7.34. The van der Waals surface area contributed by atoms with Crippen molar-refractivity contribution in [3.63, 3.8) is 0 Å². The van der Waals surface area contributed by atoms with Crippen LogP contribution >= 0.6 is 12.4 Å². The Morgan fingerprint density at radius 2 is 2.19 bits per heavy atom. The molecule has 0 saturated carbocycles. The lowest BCUT2D eigenvalue weighted by molar-refractivity contribution is 0.418. The molecule has 138 valence electrons. The van der Waals surface area contributed by atoms with Crippen molar-refractivity contribution in [2.24, 2.45) is 0 Å². The predicted molar refractivity (Wildman–Crippen MR) is 94.9 cm³/mol. The summed E-state index contributed by atoms with van der Waals surface area (Å²) in [5.41, 5.74) is 0.932. The van der Waals surface area contributed by atoms with Gasteiger partial charge in [0.25, 0.3) is 15.9 Å². The highest BCUT2D eigenvalue weighted by Crippen LogP contribution is 2.32. The molecule has 3 heterocycles. The van der Waals surface area contributed by atoms with E-state index < -0.39 is 10.0 Å². The van der Waals surface area contributed by atoms with E-state index in [1.165, 1.54) is 17.1 Å². The van der Waals surface area contributed by atoms with Crippen molar-refractivity contribution in [2.45, 2.75) is 24.3 Å². The summed E-state index contributed by atoms with van der Waals surface area (Å²) in [6.45, 7) is 2.00. The van der Waals surface area contributed by atoms with Gasteiger partial charge in [0.15, 0.2) is 5.82 Å². The number of halogens is 1. The quantitative estimate of drug-likeness (QED) is 0.667. The molecule has 1 aliphatic rings. The van der Waals surface area contributed by atoms with E-state index in [1.54, 1.807) is 12.1 Å². The summed E-state index contributed by atoms with van der Waals surface area (Å²) in [4.78, 5) is 8.29. The highest BCUT2D eigenvalue weighted by molar-refractivity contribution is 7.93. The fourth-order valence-electron chi connectivity index (χ4n) is 2.53. The molecule has 1 aliphatic heterocycles. The maximum atomic E-state index is 12.4. The summed E-state index contributed by atoms with van der Waals surface area (Å²) >= 11 is 0. The maximum Gasteiger partial charge on any atom is 0.266 e. The number of rotatable bonds is 4. The summed E-state index contributed by atoms with van der Waals surface area (Å²) in [6, 6.07) is 5.04. The lowest BCUT2D eigenvalue weighted by Crippen LogP contribution is -2.24. The van der Waals surface area contributed by atoms with Gasteiger partial charge in [-0.1, -0.05) is 5.16 Å². The molecule has 3 aromatic rings. The first-order valence-electron chi connectivity index (χ1n) is 7.55. The van der Waals surface area contributed by atoms with Crippen LogP contribution in [0.4, 0.5) is 5.95 Å². The van der Waals surface area contributed by atoms with Crippen LogP contribution in [-0.2, 0) is 16.4 Å². The number of benzene rings is 1. The molecule has 2 N–H and O–H groups in total. The van der Waals surface area contributed by atoms with Crippen LogP contribution in [0.5, 0.6) is 0 Å². The first kappa shape index (κ1) is 18.3. The maximum absolute atomic E-state index is 12.4. The molecule has 26 heavy (non-hydrogen) atoms. The van der Waals surface area contributed by atoms with E-state index in [-0.39, 0.29) is 35.2 Å². The van der Waals surface area contributed by atoms with E-state index in [4.69, 9.17) is 4.52 Å². The number of likely N-dealkylation sites (N-methyl/N-ethyl adjacent to an activating group) is 1. The van der Waals surface area contributed by atoms with E-state index in [9.17, 15) is 8.42 Å². The molecule has 12 heteroatoms. The number of hydrogen-bond acceptors (Lipinski definition) is 8. The summed E-state index contributed by atoms with van der Waals surface area (Å²) in [7, 11) is -1.89. The third-order valence-corrected chi connectivity index (χ3v) is 5.30. The van der Waals surface area contributed by atoms with Crippen molar-refractivity contribution in [1.82, 2.24) is 30.2 Å². The summed E-state index contributed by atoms with van der Waals surface area (Å²) < 4.78 is 34.0. The summed E-state index contributed by atoms with van der Waals surface area (Å²) in [5, 5.41) is 11.1. The Balaban J connectivity index is 0.00000196. The van der Waals surface area contributed by atoms with Crippen molar-refractivity contribution < 1.29 is 12.9 Å². The average Bonchev–Trinajstić information content (AvgIpc) is 3.23. The molecule has 1 aromatic carbocycles. The lowest BCUT2D eigenvalue weighted by Gasteiger charge is -2.18. The average molecular weight is 398 g/mol. The lowest BCUT2D eigenvalue weighted by atomic mass is 10.2. The number of nitrogens with zero attached hydrogens (tertiary/aromatic N) is 5. The van der Waals surface area contributed by atoms with Crippen LogP contribution in [0.1, 0.15) is 12.7 Å². The van der Waals surface area contributed by atoms with Gasteiger partial charge in [0.2, 0.25) is 5.95 Å². The first-order chi connectivity index (χ1) is 12.0. The van der Waals surface area contributed by atoms with Crippen molar-refractivity contribution in [2.75, 3.05) is 11.8 Å². The minimum atomic E-state index is -3.75. The second kappa shape index (κ2) is 6.67. The molecular weight excluding hydrogens is 382 g/mol. The monoisotopic (exact) mass is 397 g/mol. The number of sulfonamides is 1. The number of aromatic nitrogens is 5. The Labute approximate surface area is 155 Å². The van der Waals surface area contributed by atoms with Crippen LogP contribution in [0.3, 0.4) is 0 Å². The van der Waals surface area contributed by atoms with Gasteiger partial charge in [-0.05, 0) is 32.2 Å². The molecule has 1 atom stereocenters. The Morgan fingerprint density at radius 1 is 1.38 bits per heavy atom. The smallest absolute Gasteiger partial charge is 0.266 e. The third kappa shape index (κ3) is 3.04. The number of hydrogen-bond donors (Lipinski definition) is 2. The van der Waals surface area contributed by atoms with Crippen molar-refractivity contribution in [3.05, 3.63) is 30.4 Å². The number of nitrogens with one attached hydrogen (secondary N) is 2. The van der Waals surface area contributed by atoms with Crippen LogP contribution in [0.25, 0.3) is 17.1 Å². The molecule has 0 radical (unpaired) electrons. The predicted octanol–water partition coefficient (Wildman–Crippen LogP) is 1.00. The van der Waals surface area contributed by atoms with Crippen LogP contribution in [-0.4, -0.2) is 46.4 Å². The summed E-state index contributed by atoms with van der Waals surface area (Å²) in [6.07, 6.45) is 1.89. The standard InChI is InChI=1S/C14H15N7O3S.ClH/c1-8(15-2)5-12-18-13(24-19-12)9-3-4-10-11(6-9)25(22,23)20-14-16-7-17-21(10)14;/h3-4,6-8,15H,5H2,1-2H3,(H,16,17,20);1H. The zero-order chi connectivity index (χ0) is 17.6. The van der Waals surface area contributed by atoms with Crippen molar-refractivity contribution >= 4 is 28.4 Å². The minimum Gasteiger partial charge on any atom is -0.334 e. The van der Waals surface area contributed by atoms with E-state index in [1.807, 2.05) is 14.0 Å². The van der Waals surface area contributed by atoms with Gasteiger partial charge in [-0.3, -0.25) is 0 Å². The minimum absolute atomic E-state index is 0. The van der Waals surface area contributed by atoms with E-state index in [0.717, 1.165) is 0 Å². The van der Waals surface area contributed by atoms with Crippen LogP contribution < -0.4 is 10.0 Å². The van der Waals surface area contributed by atoms with Gasteiger partial charge in [-0.25, -0.2) is 13.1 Å². The highest BCUT2D eigenvalue weighted by atomic mass is 35.5. The Hall–Kier alpha value is -2.50. The zero-order valence-electron chi connectivity index (χ0n) is 13.9. The fourth-order valence-corrected chi connectivity index (χ4v) is 3.73. The third-order valence-electron chi connectivity index (χ3n) is 3.95. The molecule has 1 unspecified atom stereocenters. The Kier molecular flexibility index (Phi) is 4.69. The number of fused-ring (bicyclic) bond motifs is 3. The zero-order valence-corrected chi connectivity index (χ0v) is 15.5. The highest BCUT2D eigenvalue weighted by Gasteiger charge is 2.29. The number of anilines is 1. The van der Waals surface area contributed by atoms with Gasteiger partial charge in [-0.2, -0.15) is 19.7 Å². The van der Waals surface area contributed by atoms with Crippen LogP contribution in [0.15, 0.2) is 33.9 Å². The molecule has 0 bridgehead atoms. The van der Waals surface area contributed by atoms with E-state index in [0.29, 0.717) is 23.5 Å². The van der Waals surface area contributed by atoms with Crippen LogP contribution in [0.2, 0.25) is 0 Å². The topological polar surface area (TPSA) is 128 Å². The van der Waals surface area contributed by atoms with Gasteiger partial charge in [-0.15, -0.1) is 12.4 Å². The molecule has 0 aliphatic carbocycles. The molecule has 0 fully saturated rings. The first-order valence-corrected chi connectivity index (χ1v) is 9.04. The van der Waals surface area contributed by atoms with Crippen LogP contribution in [0, 0.1) is 0 Å². The molecule has 0 saturated heterocycles.